The third-order valence-corrected chi connectivity index (χ3v) is 4.26. The molecule has 0 atom stereocenters. The molecule has 1 aliphatic heterocycles. The minimum absolute atomic E-state index is 0.0541. The number of pyridine rings is 1. The van der Waals surface area contributed by atoms with Crippen LogP contribution in [0.2, 0.25) is 0 Å². The first kappa shape index (κ1) is 17.5. The van der Waals surface area contributed by atoms with E-state index in [-0.39, 0.29) is 17.3 Å². The molecule has 2 aromatic heterocycles. The van der Waals surface area contributed by atoms with Crippen molar-refractivity contribution in [3.8, 4) is 0 Å². The zero-order valence-corrected chi connectivity index (χ0v) is 14.1. The average molecular weight is 358 g/mol. The van der Waals surface area contributed by atoms with Gasteiger partial charge in [-0.1, -0.05) is 6.07 Å². The SMILES string of the molecule is Cc1cccc(Nc2ncnc(N3CCC(C(=O)O)CC3)c2[N+](=O)[O-])n1. The Bertz CT molecular complexity index is 835. The summed E-state index contributed by atoms with van der Waals surface area (Å²) in [5.74, 6) is -0.583. The second kappa shape index (κ2) is 7.30. The molecule has 1 fully saturated rings. The van der Waals surface area contributed by atoms with E-state index in [0.717, 1.165) is 5.69 Å². The molecule has 10 heteroatoms. The van der Waals surface area contributed by atoms with Crippen LogP contribution >= 0.6 is 0 Å². The average Bonchev–Trinajstić information content (AvgIpc) is 2.61. The summed E-state index contributed by atoms with van der Waals surface area (Å²) in [5.41, 5.74) is 0.521. The molecule has 0 aromatic carbocycles. The number of aromatic nitrogens is 3. The summed E-state index contributed by atoms with van der Waals surface area (Å²) in [6.07, 6.45) is 2.08. The summed E-state index contributed by atoms with van der Waals surface area (Å²) < 4.78 is 0. The summed E-state index contributed by atoms with van der Waals surface area (Å²) in [6, 6.07) is 5.30. The second-order valence-electron chi connectivity index (χ2n) is 6.04. The quantitative estimate of drug-likeness (QED) is 0.608. The molecule has 3 rings (SSSR count). The van der Waals surface area contributed by atoms with E-state index in [1.54, 1.807) is 17.0 Å². The largest absolute Gasteiger partial charge is 0.481 e. The number of nitrogens with one attached hydrogen (secondary N) is 1. The molecule has 10 nitrogen and oxygen atoms in total. The smallest absolute Gasteiger partial charge is 0.353 e. The van der Waals surface area contributed by atoms with Crippen LogP contribution in [0.3, 0.4) is 0 Å². The van der Waals surface area contributed by atoms with Crippen molar-refractivity contribution < 1.29 is 14.8 Å². The van der Waals surface area contributed by atoms with Crippen molar-refractivity contribution in [3.63, 3.8) is 0 Å². The summed E-state index contributed by atoms with van der Waals surface area (Å²) in [7, 11) is 0. The van der Waals surface area contributed by atoms with Crippen molar-refractivity contribution in [3.05, 3.63) is 40.3 Å². The number of carboxylic acid groups (broad SMARTS) is 1. The maximum atomic E-state index is 11.7. The van der Waals surface area contributed by atoms with Crippen molar-refractivity contribution in [1.82, 2.24) is 15.0 Å². The zero-order valence-electron chi connectivity index (χ0n) is 14.1. The van der Waals surface area contributed by atoms with Crippen LogP contribution in [0.5, 0.6) is 0 Å². The number of hydrogen-bond acceptors (Lipinski definition) is 8. The Labute approximate surface area is 149 Å². The molecule has 0 spiro atoms. The van der Waals surface area contributed by atoms with E-state index in [1.165, 1.54) is 6.33 Å². The second-order valence-corrected chi connectivity index (χ2v) is 6.04. The van der Waals surface area contributed by atoms with Crippen molar-refractivity contribution >= 4 is 29.1 Å². The van der Waals surface area contributed by atoms with Crippen LogP contribution in [-0.4, -0.2) is 44.0 Å². The van der Waals surface area contributed by atoms with Crippen LogP contribution in [0.15, 0.2) is 24.5 Å². The van der Waals surface area contributed by atoms with Crippen molar-refractivity contribution in [2.24, 2.45) is 5.92 Å². The van der Waals surface area contributed by atoms with E-state index in [4.69, 9.17) is 5.11 Å². The molecule has 0 unspecified atom stereocenters. The number of carbonyl (C=O) groups is 1. The molecule has 0 amide bonds. The van der Waals surface area contributed by atoms with Crippen molar-refractivity contribution in [2.45, 2.75) is 19.8 Å². The van der Waals surface area contributed by atoms with E-state index in [2.05, 4.69) is 20.3 Å². The van der Waals surface area contributed by atoms with Gasteiger partial charge in [-0.15, -0.1) is 0 Å². The highest BCUT2D eigenvalue weighted by Gasteiger charge is 2.31. The van der Waals surface area contributed by atoms with Crippen LogP contribution < -0.4 is 10.2 Å². The standard InChI is InChI=1S/C16H18N6O4/c1-10-3-2-4-12(19-10)20-14-13(22(25)26)15(18-9-17-14)21-7-5-11(6-8-21)16(23)24/h2-4,9,11H,5-8H2,1H3,(H,23,24)(H,17,18,19,20). The molecule has 1 aliphatic rings. The summed E-state index contributed by atoms with van der Waals surface area (Å²) in [5, 5.41) is 23.6. The van der Waals surface area contributed by atoms with Gasteiger partial charge in [0.25, 0.3) is 0 Å². The van der Waals surface area contributed by atoms with Crippen LogP contribution in [0.1, 0.15) is 18.5 Å². The van der Waals surface area contributed by atoms with Gasteiger partial charge in [-0.05, 0) is 31.9 Å². The lowest BCUT2D eigenvalue weighted by atomic mass is 9.97. The van der Waals surface area contributed by atoms with Gasteiger partial charge in [0.1, 0.15) is 12.1 Å². The molecule has 3 heterocycles. The molecule has 0 radical (unpaired) electrons. The van der Waals surface area contributed by atoms with Crippen LogP contribution in [0.4, 0.5) is 23.1 Å². The van der Waals surface area contributed by atoms with Gasteiger partial charge in [-0.25, -0.2) is 15.0 Å². The number of nitrogens with zero attached hydrogens (tertiary/aromatic N) is 5. The Morgan fingerprint density at radius 1 is 1.35 bits per heavy atom. The Balaban J connectivity index is 1.89. The maximum absolute atomic E-state index is 11.7. The Kier molecular flexibility index (Phi) is 4.92. The summed E-state index contributed by atoms with van der Waals surface area (Å²) in [6.45, 7) is 2.59. The summed E-state index contributed by atoms with van der Waals surface area (Å²) in [4.78, 5) is 36.3. The molecule has 2 aromatic rings. The van der Waals surface area contributed by atoms with Gasteiger partial charge < -0.3 is 15.3 Å². The van der Waals surface area contributed by atoms with Gasteiger partial charge in [0, 0.05) is 18.8 Å². The zero-order chi connectivity index (χ0) is 18.7. The third-order valence-electron chi connectivity index (χ3n) is 4.26. The molecule has 0 bridgehead atoms. The minimum Gasteiger partial charge on any atom is -0.481 e. The van der Waals surface area contributed by atoms with Crippen molar-refractivity contribution in [1.29, 1.82) is 0 Å². The number of rotatable bonds is 5. The van der Waals surface area contributed by atoms with Gasteiger partial charge in [0.15, 0.2) is 0 Å². The Morgan fingerprint density at radius 3 is 2.69 bits per heavy atom. The molecular weight excluding hydrogens is 340 g/mol. The molecule has 26 heavy (non-hydrogen) atoms. The molecule has 136 valence electrons. The third kappa shape index (κ3) is 3.68. The van der Waals surface area contributed by atoms with Gasteiger partial charge in [0.2, 0.25) is 11.6 Å². The lowest BCUT2D eigenvalue weighted by Gasteiger charge is -2.30. The lowest BCUT2D eigenvalue weighted by Crippen LogP contribution is -2.37. The highest BCUT2D eigenvalue weighted by atomic mass is 16.6. The molecule has 1 saturated heterocycles. The van der Waals surface area contributed by atoms with Crippen LogP contribution in [0, 0.1) is 23.0 Å². The van der Waals surface area contributed by atoms with Crippen LogP contribution in [0.25, 0.3) is 0 Å². The van der Waals surface area contributed by atoms with E-state index in [0.29, 0.717) is 31.7 Å². The van der Waals surface area contributed by atoms with Gasteiger partial charge in [0.05, 0.1) is 10.8 Å². The fraction of sp³-hybridized carbons (Fsp3) is 0.375. The van der Waals surface area contributed by atoms with Crippen LogP contribution in [-0.2, 0) is 4.79 Å². The van der Waals surface area contributed by atoms with E-state index in [9.17, 15) is 14.9 Å². The number of nitro groups is 1. The monoisotopic (exact) mass is 358 g/mol. The maximum Gasteiger partial charge on any atom is 0.353 e. The van der Waals surface area contributed by atoms with E-state index >= 15 is 0 Å². The minimum atomic E-state index is -0.838. The predicted octanol–water partition coefficient (Wildman–Crippen LogP) is 2.13. The first-order valence-electron chi connectivity index (χ1n) is 8.13. The first-order chi connectivity index (χ1) is 12.5. The summed E-state index contributed by atoms with van der Waals surface area (Å²) >= 11 is 0. The highest BCUT2D eigenvalue weighted by molar-refractivity contribution is 5.74. The first-order valence-corrected chi connectivity index (χ1v) is 8.13. The lowest BCUT2D eigenvalue weighted by molar-refractivity contribution is -0.383. The molecular formula is C16H18N6O4. The number of anilines is 3. The van der Waals surface area contributed by atoms with Crippen molar-refractivity contribution in [2.75, 3.05) is 23.3 Å². The van der Waals surface area contributed by atoms with E-state index < -0.39 is 16.8 Å². The number of piperidine rings is 1. The number of carboxylic acids is 1. The predicted molar refractivity (Wildman–Crippen MR) is 93.5 cm³/mol. The fourth-order valence-electron chi connectivity index (χ4n) is 2.93. The van der Waals surface area contributed by atoms with Gasteiger partial charge in [-0.3, -0.25) is 14.9 Å². The highest BCUT2D eigenvalue weighted by Crippen LogP contribution is 2.35. The molecule has 0 aliphatic carbocycles. The van der Waals surface area contributed by atoms with Gasteiger partial charge in [-0.2, -0.15) is 0 Å². The number of hydrogen-bond donors (Lipinski definition) is 2. The Hall–Kier alpha value is -3.30. The Morgan fingerprint density at radius 2 is 2.08 bits per heavy atom. The van der Waals surface area contributed by atoms with Gasteiger partial charge >= 0.3 is 11.7 Å². The number of aliphatic carboxylic acids is 1. The van der Waals surface area contributed by atoms with E-state index in [1.807, 2.05) is 13.0 Å². The molecule has 0 saturated carbocycles. The topological polar surface area (TPSA) is 134 Å². The fourth-order valence-corrected chi connectivity index (χ4v) is 2.93. The normalized spacial score (nSPS) is 14.9. The molecule has 2 N–H and O–H groups in total. The number of aryl methyl sites for hydroxylation is 1.